The van der Waals surface area contributed by atoms with E-state index >= 15 is 0 Å². The third kappa shape index (κ3) is 4.09. The lowest BCUT2D eigenvalue weighted by atomic mass is 10.0. The quantitative estimate of drug-likeness (QED) is 0.427. The van der Waals surface area contributed by atoms with E-state index in [9.17, 15) is 9.59 Å². The monoisotopic (exact) mass is 402 g/mol. The van der Waals surface area contributed by atoms with Gasteiger partial charge in [-0.1, -0.05) is 36.4 Å². The van der Waals surface area contributed by atoms with E-state index in [-0.39, 0.29) is 5.91 Å². The summed E-state index contributed by atoms with van der Waals surface area (Å²) in [6, 6.07) is 14.8. The first-order chi connectivity index (χ1) is 14.1. The summed E-state index contributed by atoms with van der Waals surface area (Å²) < 4.78 is 0. The fraction of sp³-hybridized carbons (Fsp3) is 0.0455. The average Bonchev–Trinajstić information content (AvgIpc) is 3.37. The van der Waals surface area contributed by atoms with Gasteiger partial charge in [0.1, 0.15) is 5.65 Å². The van der Waals surface area contributed by atoms with Crippen LogP contribution >= 0.6 is 11.3 Å². The number of nitrogens with one attached hydrogen (secondary N) is 2. The van der Waals surface area contributed by atoms with Crippen molar-refractivity contribution >= 4 is 51.5 Å². The molecule has 0 radical (unpaired) electrons. The normalized spacial score (nSPS) is 11.5. The highest BCUT2D eigenvalue weighted by atomic mass is 32.1. The van der Waals surface area contributed by atoms with E-state index in [0.29, 0.717) is 23.3 Å². The Morgan fingerprint density at radius 1 is 1.14 bits per heavy atom. The molecule has 4 rings (SSSR count). The van der Waals surface area contributed by atoms with E-state index in [2.05, 4.69) is 15.3 Å². The smallest absolute Gasteiger partial charge is 0.249 e. The molecule has 7 heteroatoms. The molecule has 0 spiro atoms. The Bertz CT molecular complexity index is 1190. The molecule has 3 aromatic heterocycles. The van der Waals surface area contributed by atoms with Crippen LogP contribution in [0.5, 0.6) is 0 Å². The summed E-state index contributed by atoms with van der Waals surface area (Å²) >= 11 is 1.54. The molecule has 144 valence electrons. The minimum Gasteiger partial charge on any atom is -0.366 e. The summed E-state index contributed by atoms with van der Waals surface area (Å²) in [5, 5.41) is 5.62. The van der Waals surface area contributed by atoms with E-state index in [0.717, 1.165) is 21.4 Å². The van der Waals surface area contributed by atoms with Crippen molar-refractivity contribution < 1.29 is 9.59 Å². The first-order valence-corrected chi connectivity index (χ1v) is 9.85. The van der Waals surface area contributed by atoms with Gasteiger partial charge >= 0.3 is 0 Å². The number of nitrogens with zero attached hydrogens (tertiary/aromatic N) is 1. The minimum atomic E-state index is -0.530. The lowest BCUT2D eigenvalue weighted by Crippen LogP contribution is -2.14. The summed E-state index contributed by atoms with van der Waals surface area (Å²) in [7, 11) is 0. The van der Waals surface area contributed by atoms with Crippen LogP contribution in [-0.2, 0) is 16.0 Å². The standard InChI is InChI=1S/C22H18N4O2S/c23-21(28)17(14-5-2-1-3-6-14)11-15-13-25-22-20(15)18(8-9-24-22)26-19(27)12-16-7-4-10-29-16/h1-11,13H,12H2,(H2,23,28)(H2,24,25,26,27). The van der Waals surface area contributed by atoms with Crippen LogP contribution < -0.4 is 11.1 Å². The van der Waals surface area contributed by atoms with Gasteiger partial charge in [0.05, 0.1) is 12.1 Å². The number of aromatic amines is 1. The zero-order valence-electron chi connectivity index (χ0n) is 15.4. The first kappa shape index (κ1) is 18.6. The zero-order valence-corrected chi connectivity index (χ0v) is 16.2. The van der Waals surface area contributed by atoms with Crippen LogP contribution in [0.4, 0.5) is 5.69 Å². The second kappa shape index (κ2) is 8.12. The Morgan fingerprint density at radius 2 is 1.97 bits per heavy atom. The van der Waals surface area contributed by atoms with Crippen LogP contribution in [0.25, 0.3) is 22.7 Å². The number of amides is 2. The van der Waals surface area contributed by atoms with Gasteiger partial charge in [0.15, 0.2) is 0 Å². The van der Waals surface area contributed by atoms with E-state index in [1.54, 1.807) is 24.5 Å². The predicted octanol–water partition coefficient (Wildman–Crippen LogP) is 3.83. The number of H-pyrrole nitrogens is 1. The van der Waals surface area contributed by atoms with Gasteiger partial charge in [0.25, 0.3) is 0 Å². The highest BCUT2D eigenvalue weighted by Gasteiger charge is 2.14. The van der Waals surface area contributed by atoms with Gasteiger partial charge in [0.2, 0.25) is 11.8 Å². The molecular formula is C22H18N4O2S. The molecule has 0 bridgehead atoms. The molecule has 6 nitrogen and oxygen atoms in total. The summed E-state index contributed by atoms with van der Waals surface area (Å²) in [6.07, 6.45) is 5.39. The van der Waals surface area contributed by atoms with Gasteiger partial charge in [-0.05, 0) is 29.2 Å². The van der Waals surface area contributed by atoms with Crippen LogP contribution in [0.2, 0.25) is 0 Å². The maximum Gasteiger partial charge on any atom is 0.249 e. The molecule has 0 aliphatic heterocycles. The molecule has 29 heavy (non-hydrogen) atoms. The lowest BCUT2D eigenvalue weighted by Gasteiger charge is -2.08. The van der Waals surface area contributed by atoms with Crippen molar-refractivity contribution in [1.29, 1.82) is 0 Å². The number of anilines is 1. The van der Waals surface area contributed by atoms with E-state index in [1.165, 1.54) is 11.3 Å². The number of rotatable bonds is 6. The topological polar surface area (TPSA) is 101 Å². The largest absolute Gasteiger partial charge is 0.366 e. The van der Waals surface area contributed by atoms with Crippen LogP contribution in [0.3, 0.4) is 0 Å². The van der Waals surface area contributed by atoms with E-state index in [4.69, 9.17) is 5.73 Å². The molecule has 4 aromatic rings. The molecule has 0 saturated carbocycles. The number of aromatic nitrogens is 2. The fourth-order valence-corrected chi connectivity index (χ4v) is 3.84. The van der Waals surface area contributed by atoms with Gasteiger partial charge in [-0.15, -0.1) is 11.3 Å². The van der Waals surface area contributed by atoms with Crippen molar-refractivity contribution in [2.45, 2.75) is 6.42 Å². The summed E-state index contributed by atoms with van der Waals surface area (Å²) in [4.78, 5) is 32.9. The molecule has 1 aromatic carbocycles. The molecule has 3 heterocycles. The summed E-state index contributed by atoms with van der Waals surface area (Å²) in [5.74, 6) is -0.646. The number of carbonyl (C=O) groups is 2. The molecular weight excluding hydrogens is 384 g/mol. The number of hydrogen-bond donors (Lipinski definition) is 3. The second-order valence-electron chi connectivity index (χ2n) is 6.42. The molecule has 0 aliphatic rings. The molecule has 0 fully saturated rings. The van der Waals surface area contributed by atoms with Gasteiger partial charge in [-0.2, -0.15) is 0 Å². The number of pyridine rings is 1. The van der Waals surface area contributed by atoms with Crippen LogP contribution in [-0.4, -0.2) is 21.8 Å². The molecule has 0 saturated heterocycles. The van der Waals surface area contributed by atoms with Crippen LogP contribution in [0.15, 0.2) is 66.3 Å². The van der Waals surface area contributed by atoms with Crippen LogP contribution in [0, 0.1) is 0 Å². The fourth-order valence-electron chi connectivity index (χ4n) is 3.14. The maximum atomic E-state index is 12.5. The SMILES string of the molecule is NC(=O)C(=Cc1c[nH]c2nccc(NC(=O)Cc3cccs3)c12)c1ccccc1. The third-order valence-corrected chi connectivity index (χ3v) is 5.32. The van der Waals surface area contributed by atoms with Gasteiger partial charge in [-0.3, -0.25) is 9.59 Å². The average molecular weight is 402 g/mol. The predicted molar refractivity (Wildman–Crippen MR) is 116 cm³/mol. The highest BCUT2D eigenvalue weighted by molar-refractivity contribution is 7.10. The van der Waals surface area contributed by atoms with Crippen molar-refractivity contribution in [3.63, 3.8) is 0 Å². The minimum absolute atomic E-state index is 0.116. The lowest BCUT2D eigenvalue weighted by molar-refractivity contribution is -0.115. The molecule has 0 aliphatic carbocycles. The number of primary amides is 1. The van der Waals surface area contributed by atoms with Crippen molar-refractivity contribution in [3.05, 3.63) is 82.3 Å². The Morgan fingerprint density at radius 3 is 2.69 bits per heavy atom. The van der Waals surface area contributed by atoms with Crippen molar-refractivity contribution in [3.8, 4) is 0 Å². The number of benzene rings is 1. The number of hydrogen-bond acceptors (Lipinski definition) is 4. The number of carbonyl (C=O) groups excluding carboxylic acids is 2. The van der Waals surface area contributed by atoms with Crippen LogP contribution in [0.1, 0.15) is 16.0 Å². The van der Waals surface area contributed by atoms with Gasteiger partial charge in [0, 0.05) is 33.8 Å². The highest BCUT2D eigenvalue weighted by Crippen LogP contribution is 2.29. The Kier molecular flexibility index (Phi) is 5.22. The molecule has 0 atom stereocenters. The summed E-state index contributed by atoms with van der Waals surface area (Å²) in [6.45, 7) is 0. The second-order valence-corrected chi connectivity index (χ2v) is 7.45. The Labute approximate surface area is 171 Å². The Hall–Kier alpha value is -3.71. The van der Waals surface area contributed by atoms with Crippen molar-refractivity contribution in [1.82, 2.24) is 9.97 Å². The molecule has 4 N–H and O–H groups in total. The van der Waals surface area contributed by atoms with E-state index in [1.807, 2.05) is 47.8 Å². The summed E-state index contributed by atoms with van der Waals surface area (Å²) in [5.41, 5.74) is 8.69. The first-order valence-electron chi connectivity index (χ1n) is 8.97. The Balaban J connectivity index is 1.72. The zero-order chi connectivity index (χ0) is 20.2. The van der Waals surface area contributed by atoms with Crippen molar-refractivity contribution in [2.75, 3.05) is 5.32 Å². The molecule has 2 amide bonds. The number of thiophene rings is 1. The van der Waals surface area contributed by atoms with Crippen molar-refractivity contribution in [2.24, 2.45) is 5.73 Å². The van der Waals surface area contributed by atoms with Gasteiger partial charge < -0.3 is 16.0 Å². The number of fused-ring (bicyclic) bond motifs is 1. The molecule has 0 unspecified atom stereocenters. The number of nitrogens with two attached hydrogens (primary N) is 1. The van der Waals surface area contributed by atoms with Gasteiger partial charge in [-0.25, -0.2) is 4.98 Å². The van der Waals surface area contributed by atoms with E-state index < -0.39 is 5.91 Å². The maximum absolute atomic E-state index is 12.5. The third-order valence-electron chi connectivity index (χ3n) is 4.44.